The first-order chi connectivity index (χ1) is 13.5. The molecule has 3 aromatic rings. The van der Waals surface area contributed by atoms with Crippen molar-refractivity contribution in [2.24, 2.45) is 0 Å². The Balaban J connectivity index is 1.53. The van der Waals surface area contributed by atoms with Crippen LogP contribution in [-0.2, 0) is 0 Å². The third-order valence-electron chi connectivity index (χ3n) is 5.30. The largest absolute Gasteiger partial charge is 0.338 e. The molecule has 0 saturated carbocycles. The molecule has 0 N–H and O–H groups in total. The molecule has 28 heavy (non-hydrogen) atoms. The van der Waals surface area contributed by atoms with E-state index in [2.05, 4.69) is 29.2 Å². The average molecular weight is 383 g/mol. The number of nitrogens with zero attached hydrogens (tertiary/aromatic N) is 1. The van der Waals surface area contributed by atoms with Gasteiger partial charge in [-0.15, -0.1) is 0 Å². The first-order valence-electron chi connectivity index (χ1n) is 9.10. The number of carbonyl (C=O) groups excluding carboxylic acids is 2. The molecule has 0 bridgehead atoms. The SMILES string of the molecule is Cc1ccc2c(c1)C(=O)/C(=C/C=C1\Sc3c(ccc4ccccc34)N1C)C2=O. The van der Waals surface area contributed by atoms with Crippen LogP contribution in [0.4, 0.5) is 5.69 Å². The topological polar surface area (TPSA) is 37.4 Å². The van der Waals surface area contributed by atoms with E-state index in [1.165, 1.54) is 15.7 Å². The molecule has 1 aliphatic heterocycles. The fourth-order valence-electron chi connectivity index (χ4n) is 3.78. The summed E-state index contributed by atoms with van der Waals surface area (Å²) in [5, 5.41) is 3.41. The second-order valence-corrected chi connectivity index (χ2v) is 8.12. The quantitative estimate of drug-likeness (QED) is 0.409. The van der Waals surface area contributed by atoms with Crippen LogP contribution in [0, 0.1) is 6.92 Å². The molecule has 0 spiro atoms. The summed E-state index contributed by atoms with van der Waals surface area (Å²) in [7, 11) is 2.01. The molecule has 0 radical (unpaired) electrons. The fourth-order valence-corrected chi connectivity index (χ4v) is 4.97. The molecule has 0 aromatic heterocycles. The van der Waals surface area contributed by atoms with Gasteiger partial charge in [-0.3, -0.25) is 9.59 Å². The van der Waals surface area contributed by atoms with Crippen LogP contribution in [0.3, 0.4) is 0 Å². The number of aryl methyl sites for hydroxylation is 1. The highest BCUT2D eigenvalue weighted by molar-refractivity contribution is 8.04. The van der Waals surface area contributed by atoms with Crippen molar-refractivity contribution in [2.75, 3.05) is 11.9 Å². The van der Waals surface area contributed by atoms with Gasteiger partial charge in [0.15, 0.2) is 11.6 Å². The van der Waals surface area contributed by atoms with Crippen LogP contribution in [0.5, 0.6) is 0 Å². The second kappa shape index (κ2) is 6.21. The number of rotatable bonds is 1. The van der Waals surface area contributed by atoms with Crippen LogP contribution in [0.2, 0.25) is 0 Å². The normalized spacial score (nSPS) is 18.4. The Morgan fingerprint density at radius 1 is 0.893 bits per heavy atom. The van der Waals surface area contributed by atoms with Gasteiger partial charge in [-0.1, -0.05) is 59.8 Å². The standard InChI is InChI=1S/C24H17NO2S/c1-14-7-9-17-19(13-14)23(27)18(22(17)26)10-12-21-25(2)20-11-8-15-5-3-4-6-16(15)24(20)28-21/h3-13H,1-2H3/b18-10+,21-12-. The summed E-state index contributed by atoms with van der Waals surface area (Å²) in [6.07, 6.45) is 3.55. The van der Waals surface area contributed by atoms with Gasteiger partial charge >= 0.3 is 0 Å². The monoisotopic (exact) mass is 383 g/mol. The van der Waals surface area contributed by atoms with Crippen LogP contribution in [0.1, 0.15) is 26.3 Å². The van der Waals surface area contributed by atoms with Gasteiger partial charge in [0.05, 0.1) is 16.3 Å². The van der Waals surface area contributed by atoms with E-state index in [4.69, 9.17) is 0 Å². The Kier molecular flexibility index (Phi) is 3.78. The highest BCUT2D eigenvalue weighted by Crippen LogP contribution is 2.48. The molecule has 3 aromatic carbocycles. The molecule has 0 atom stereocenters. The van der Waals surface area contributed by atoms with E-state index in [9.17, 15) is 9.59 Å². The Morgan fingerprint density at radius 3 is 2.54 bits per heavy atom. The summed E-state index contributed by atoms with van der Waals surface area (Å²) >= 11 is 1.67. The van der Waals surface area contributed by atoms with Crippen molar-refractivity contribution >= 4 is 39.8 Å². The van der Waals surface area contributed by atoms with Gasteiger partial charge in [-0.05, 0) is 42.0 Å². The number of hydrogen-bond donors (Lipinski definition) is 0. The zero-order valence-electron chi connectivity index (χ0n) is 15.5. The van der Waals surface area contributed by atoms with Crippen LogP contribution < -0.4 is 4.90 Å². The summed E-state index contributed by atoms with van der Waals surface area (Å²) in [5.74, 6) is -0.375. The van der Waals surface area contributed by atoms with Crippen molar-refractivity contribution in [3.05, 3.63) is 94.0 Å². The molecule has 0 unspecified atom stereocenters. The van der Waals surface area contributed by atoms with Gasteiger partial charge in [0.2, 0.25) is 0 Å². The highest BCUT2D eigenvalue weighted by atomic mass is 32.2. The summed E-state index contributed by atoms with van der Waals surface area (Å²) in [4.78, 5) is 28.7. The average Bonchev–Trinajstić information content (AvgIpc) is 3.15. The molecule has 1 aliphatic carbocycles. The predicted molar refractivity (Wildman–Crippen MR) is 114 cm³/mol. The van der Waals surface area contributed by atoms with Crippen LogP contribution in [-0.4, -0.2) is 18.6 Å². The summed E-state index contributed by atoms with van der Waals surface area (Å²) in [5.41, 5.74) is 3.37. The van der Waals surface area contributed by atoms with Crippen molar-refractivity contribution in [3.63, 3.8) is 0 Å². The van der Waals surface area contributed by atoms with Crippen molar-refractivity contribution in [3.8, 4) is 0 Å². The van der Waals surface area contributed by atoms with E-state index in [1.807, 2.05) is 38.2 Å². The van der Waals surface area contributed by atoms with Gasteiger partial charge in [0, 0.05) is 23.1 Å². The molecule has 1 heterocycles. The first-order valence-corrected chi connectivity index (χ1v) is 9.91. The predicted octanol–water partition coefficient (Wildman–Crippen LogP) is 5.54. The smallest absolute Gasteiger partial charge is 0.197 e. The number of thioether (sulfide) groups is 1. The van der Waals surface area contributed by atoms with Crippen molar-refractivity contribution in [1.82, 2.24) is 0 Å². The fraction of sp³-hybridized carbons (Fsp3) is 0.0833. The third kappa shape index (κ3) is 2.45. The molecular formula is C24H17NO2S. The highest BCUT2D eigenvalue weighted by Gasteiger charge is 2.33. The van der Waals surface area contributed by atoms with Crippen LogP contribution >= 0.6 is 11.8 Å². The van der Waals surface area contributed by atoms with Gasteiger partial charge in [-0.25, -0.2) is 0 Å². The zero-order chi connectivity index (χ0) is 19.4. The maximum absolute atomic E-state index is 12.7. The van der Waals surface area contributed by atoms with E-state index >= 15 is 0 Å². The zero-order valence-corrected chi connectivity index (χ0v) is 16.3. The van der Waals surface area contributed by atoms with E-state index in [0.29, 0.717) is 11.1 Å². The van der Waals surface area contributed by atoms with Crippen molar-refractivity contribution in [2.45, 2.75) is 11.8 Å². The third-order valence-corrected chi connectivity index (χ3v) is 6.56. The second-order valence-electron chi connectivity index (χ2n) is 7.09. The van der Waals surface area contributed by atoms with Gasteiger partial charge in [0.1, 0.15) is 0 Å². The minimum Gasteiger partial charge on any atom is -0.338 e. The summed E-state index contributed by atoms with van der Waals surface area (Å²) < 4.78 is 0. The summed E-state index contributed by atoms with van der Waals surface area (Å²) in [6.45, 7) is 1.92. The van der Waals surface area contributed by atoms with Crippen LogP contribution in [0.25, 0.3) is 10.8 Å². The number of hydrogen-bond acceptors (Lipinski definition) is 4. The first kappa shape index (κ1) is 17.0. The molecule has 4 heteroatoms. The Hall–Kier alpha value is -3.11. The van der Waals surface area contributed by atoms with E-state index in [-0.39, 0.29) is 17.1 Å². The van der Waals surface area contributed by atoms with Crippen molar-refractivity contribution in [1.29, 1.82) is 0 Å². The number of benzene rings is 3. The number of carbonyl (C=O) groups is 2. The molecule has 3 nitrogen and oxygen atoms in total. The summed E-state index contributed by atoms with van der Waals surface area (Å²) in [6, 6.07) is 18.0. The molecule has 0 fully saturated rings. The van der Waals surface area contributed by atoms with E-state index in [0.717, 1.165) is 16.3 Å². The number of Topliss-reactive ketones (excluding diaryl/α,β-unsaturated/α-hetero) is 2. The lowest BCUT2D eigenvalue weighted by Crippen LogP contribution is -2.09. The minimum atomic E-state index is -0.189. The molecule has 0 amide bonds. The van der Waals surface area contributed by atoms with Gasteiger partial charge < -0.3 is 4.90 Å². The lowest BCUT2D eigenvalue weighted by molar-refractivity contribution is 0.0989. The van der Waals surface area contributed by atoms with E-state index in [1.54, 1.807) is 30.0 Å². The van der Waals surface area contributed by atoms with Gasteiger partial charge in [-0.2, -0.15) is 0 Å². The molecular weight excluding hydrogens is 366 g/mol. The Morgan fingerprint density at radius 2 is 1.68 bits per heavy atom. The van der Waals surface area contributed by atoms with Crippen LogP contribution in [0.15, 0.2) is 82.2 Å². The Labute approximate surface area is 167 Å². The lowest BCUT2D eigenvalue weighted by atomic mass is 10.1. The van der Waals surface area contributed by atoms with E-state index < -0.39 is 0 Å². The maximum Gasteiger partial charge on any atom is 0.197 e. The maximum atomic E-state index is 12.7. The molecule has 5 rings (SSSR count). The number of anilines is 1. The minimum absolute atomic E-state index is 0.186. The number of ketones is 2. The van der Waals surface area contributed by atoms with Gasteiger partial charge in [0.25, 0.3) is 0 Å². The molecule has 136 valence electrons. The molecule has 2 aliphatic rings. The Bertz CT molecular complexity index is 1250. The van der Waals surface area contributed by atoms with Crippen molar-refractivity contribution < 1.29 is 9.59 Å². The number of fused-ring (bicyclic) bond motifs is 4. The molecule has 0 saturated heterocycles. The lowest BCUT2D eigenvalue weighted by Gasteiger charge is -2.13. The number of allylic oxidation sites excluding steroid dienone is 3.